The number of rotatable bonds is 4. The number of nitrogens with zero attached hydrogens (tertiary/aromatic N) is 2. The average molecular weight is 284 g/mol. The van der Waals surface area contributed by atoms with Gasteiger partial charge in [0.25, 0.3) is 0 Å². The number of carbonyl (C=O) groups excluding carboxylic acids is 1. The van der Waals surface area contributed by atoms with Crippen molar-refractivity contribution in [3.63, 3.8) is 0 Å². The molecule has 0 saturated carbocycles. The van der Waals surface area contributed by atoms with Crippen LogP contribution in [0.2, 0.25) is 0 Å². The van der Waals surface area contributed by atoms with E-state index >= 15 is 0 Å². The Morgan fingerprint density at radius 3 is 2.67 bits per heavy atom. The molecule has 0 amide bonds. The maximum atomic E-state index is 11.8. The van der Waals surface area contributed by atoms with Crippen molar-refractivity contribution in [3.05, 3.63) is 47.4 Å². The summed E-state index contributed by atoms with van der Waals surface area (Å²) in [6, 6.07) is 5.94. The molecular formula is C17H20N2O2. The van der Waals surface area contributed by atoms with Gasteiger partial charge in [-0.25, -0.2) is 0 Å². The van der Waals surface area contributed by atoms with Crippen molar-refractivity contribution in [2.45, 2.75) is 33.6 Å². The molecule has 2 aromatic heterocycles. The Hall–Kier alpha value is -2.23. The van der Waals surface area contributed by atoms with Crippen molar-refractivity contribution in [2.75, 3.05) is 6.61 Å². The van der Waals surface area contributed by atoms with Crippen LogP contribution in [0.3, 0.4) is 0 Å². The van der Waals surface area contributed by atoms with Crippen LogP contribution in [0, 0.1) is 13.8 Å². The first-order valence-corrected chi connectivity index (χ1v) is 7.09. The maximum Gasteiger partial charge on any atom is 0.313 e. The minimum Gasteiger partial charge on any atom is -0.466 e. The molecule has 21 heavy (non-hydrogen) atoms. The van der Waals surface area contributed by atoms with E-state index in [2.05, 4.69) is 9.97 Å². The van der Waals surface area contributed by atoms with Crippen LogP contribution in [-0.2, 0) is 9.53 Å². The Balaban J connectivity index is 2.31. The maximum absolute atomic E-state index is 11.8. The Bertz CT molecular complexity index is 653. The highest BCUT2D eigenvalue weighted by Crippen LogP contribution is 2.25. The first kappa shape index (κ1) is 15.2. The van der Waals surface area contributed by atoms with Crippen LogP contribution in [0.5, 0.6) is 0 Å². The highest BCUT2D eigenvalue weighted by atomic mass is 16.5. The molecule has 2 rings (SSSR count). The fraction of sp³-hybridized carbons (Fsp3) is 0.353. The van der Waals surface area contributed by atoms with Crippen LogP contribution >= 0.6 is 0 Å². The lowest BCUT2D eigenvalue weighted by Gasteiger charge is -2.13. The predicted molar refractivity (Wildman–Crippen MR) is 82.0 cm³/mol. The van der Waals surface area contributed by atoms with E-state index in [4.69, 9.17) is 4.74 Å². The van der Waals surface area contributed by atoms with Crippen molar-refractivity contribution < 1.29 is 9.53 Å². The van der Waals surface area contributed by atoms with E-state index in [0.29, 0.717) is 6.61 Å². The lowest BCUT2D eigenvalue weighted by Crippen LogP contribution is -2.13. The SMILES string of the molecule is CCOC(=O)C(C)c1cnc(-c2ccnc(C)c2)c(C)c1. The number of pyridine rings is 2. The van der Waals surface area contributed by atoms with Crippen LogP contribution in [0.4, 0.5) is 0 Å². The van der Waals surface area contributed by atoms with E-state index in [1.165, 1.54) is 0 Å². The fourth-order valence-corrected chi connectivity index (χ4v) is 2.23. The molecule has 0 N–H and O–H groups in total. The van der Waals surface area contributed by atoms with Gasteiger partial charge in [-0.05, 0) is 51.0 Å². The topological polar surface area (TPSA) is 52.1 Å². The molecule has 1 atom stereocenters. The molecule has 4 nitrogen and oxygen atoms in total. The highest BCUT2D eigenvalue weighted by molar-refractivity contribution is 5.78. The van der Waals surface area contributed by atoms with Gasteiger partial charge in [-0.1, -0.05) is 6.07 Å². The van der Waals surface area contributed by atoms with Gasteiger partial charge >= 0.3 is 5.97 Å². The minimum absolute atomic E-state index is 0.216. The molecule has 2 heterocycles. The van der Waals surface area contributed by atoms with E-state index < -0.39 is 0 Å². The monoisotopic (exact) mass is 284 g/mol. The molecule has 0 fully saturated rings. The first-order valence-electron chi connectivity index (χ1n) is 7.09. The van der Waals surface area contributed by atoms with Gasteiger partial charge in [-0.15, -0.1) is 0 Å². The number of hydrogen-bond donors (Lipinski definition) is 0. The van der Waals surface area contributed by atoms with E-state index in [1.807, 2.05) is 45.9 Å². The Morgan fingerprint density at radius 2 is 2.05 bits per heavy atom. The summed E-state index contributed by atoms with van der Waals surface area (Å²) in [5, 5.41) is 0. The van der Waals surface area contributed by atoms with Crippen molar-refractivity contribution in [2.24, 2.45) is 0 Å². The van der Waals surface area contributed by atoms with Gasteiger partial charge in [0.15, 0.2) is 0 Å². The zero-order valence-corrected chi connectivity index (χ0v) is 12.9. The third-order valence-corrected chi connectivity index (χ3v) is 3.41. The molecule has 110 valence electrons. The molecule has 0 aliphatic carbocycles. The summed E-state index contributed by atoms with van der Waals surface area (Å²) in [7, 11) is 0. The molecule has 0 bridgehead atoms. The molecule has 0 spiro atoms. The highest BCUT2D eigenvalue weighted by Gasteiger charge is 2.18. The van der Waals surface area contributed by atoms with Gasteiger partial charge in [0.05, 0.1) is 18.2 Å². The number of carbonyl (C=O) groups is 1. The van der Waals surface area contributed by atoms with Gasteiger partial charge in [0.2, 0.25) is 0 Å². The Morgan fingerprint density at radius 1 is 1.29 bits per heavy atom. The first-order chi connectivity index (χ1) is 10.0. The van der Waals surface area contributed by atoms with Crippen molar-refractivity contribution in [1.82, 2.24) is 9.97 Å². The summed E-state index contributed by atoms with van der Waals surface area (Å²) < 4.78 is 5.05. The van der Waals surface area contributed by atoms with Crippen molar-refractivity contribution >= 4 is 5.97 Å². The average Bonchev–Trinajstić information content (AvgIpc) is 2.46. The number of esters is 1. The van der Waals surface area contributed by atoms with Crippen LogP contribution in [0.15, 0.2) is 30.6 Å². The molecular weight excluding hydrogens is 264 g/mol. The Labute approximate surface area is 125 Å². The van der Waals surface area contributed by atoms with Crippen molar-refractivity contribution in [3.8, 4) is 11.3 Å². The van der Waals surface area contributed by atoms with Gasteiger partial charge in [0, 0.05) is 23.7 Å². The molecule has 1 unspecified atom stereocenters. The molecule has 0 aliphatic rings. The standard InChI is InChI=1S/C17H20N2O2/c1-5-21-17(20)13(4)15-8-11(2)16(19-10-15)14-6-7-18-12(3)9-14/h6-10,13H,5H2,1-4H3. The van der Waals surface area contributed by atoms with Gasteiger partial charge in [-0.3, -0.25) is 14.8 Å². The summed E-state index contributed by atoms with van der Waals surface area (Å²) in [6.07, 6.45) is 3.53. The zero-order valence-electron chi connectivity index (χ0n) is 12.9. The van der Waals surface area contributed by atoms with E-state index in [9.17, 15) is 4.79 Å². The quantitative estimate of drug-likeness (QED) is 0.807. The van der Waals surface area contributed by atoms with Gasteiger partial charge in [0.1, 0.15) is 0 Å². The second-order valence-electron chi connectivity index (χ2n) is 5.09. The normalized spacial score (nSPS) is 12.0. The third kappa shape index (κ3) is 3.45. The number of aromatic nitrogens is 2. The lowest BCUT2D eigenvalue weighted by atomic mass is 9.99. The zero-order chi connectivity index (χ0) is 15.4. The Kier molecular flexibility index (Phi) is 4.68. The molecule has 4 heteroatoms. The number of hydrogen-bond acceptors (Lipinski definition) is 4. The number of aryl methyl sites for hydroxylation is 2. The van der Waals surface area contributed by atoms with E-state index in [-0.39, 0.29) is 11.9 Å². The summed E-state index contributed by atoms with van der Waals surface area (Å²) in [4.78, 5) is 20.5. The summed E-state index contributed by atoms with van der Waals surface area (Å²) in [6.45, 7) is 7.99. The second kappa shape index (κ2) is 6.48. The third-order valence-electron chi connectivity index (χ3n) is 3.41. The van der Waals surface area contributed by atoms with Crippen LogP contribution < -0.4 is 0 Å². The van der Waals surface area contributed by atoms with Crippen molar-refractivity contribution in [1.29, 1.82) is 0 Å². The molecule has 0 radical (unpaired) electrons. The van der Waals surface area contributed by atoms with E-state index in [0.717, 1.165) is 28.1 Å². The van der Waals surface area contributed by atoms with Gasteiger partial charge in [-0.2, -0.15) is 0 Å². The minimum atomic E-state index is -0.302. The van der Waals surface area contributed by atoms with E-state index in [1.54, 1.807) is 12.4 Å². The summed E-state index contributed by atoms with van der Waals surface area (Å²) in [5.74, 6) is -0.518. The summed E-state index contributed by atoms with van der Waals surface area (Å²) >= 11 is 0. The molecule has 0 saturated heterocycles. The van der Waals surface area contributed by atoms with Gasteiger partial charge < -0.3 is 4.74 Å². The smallest absolute Gasteiger partial charge is 0.313 e. The van der Waals surface area contributed by atoms with Crippen LogP contribution in [0.1, 0.15) is 36.6 Å². The van der Waals surface area contributed by atoms with Crippen LogP contribution in [0.25, 0.3) is 11.3 Å². The fourth-order valence-electron chi connectivity index (χ4n) is 2.23. The lowest BCUT2D eigenvalue weighted by molar-refractivity contribution is -0.144. The molecule has 0 aromatic carbocycles. The predicted octanol–water partition coefficient (Wildman–Crippen LogP) is 3.43. The van der Waals surface area contributed by atoms with Crippen LogP contribution in [-0.4, -0.2) is 22.5 Å². The molecule has 2 aromatic rings. The second-order valence-corrected chi connectivity index (χ2v) is 5.09. The largest absolute Gasteiger partial charge is 0.466 e. The molecule has 0 aliphatic heterocycles. The summed E-state index contributed by atoms with van der Waals surface area (Å²) in [5.41, 5.74) is 4.82. The number of ether oxygens (including phenoxy) is 1.